The van der Waals surface area contributed by atoms with Crippen molar-refractivity contribution in [1.82, 2.24) is 15.3 Å². The zero-order valence-corrected chi connectivity index (χ0v) is 12.4. The zero-order valence-electron chi connectivity index (χ0n) is 12.4. The average molecular weight is 293 g/mol. The van der Waals surface area contributed by atoms with Crippen molar-refractivity contribution < 1.29 is 14.7 Å². The van der Waals surface area contributed by atoms with Gasteiger partial charge in [-0.2, -0.15) is 0 Å². The molecule has 0 spiro atoms. The summed E-state index contributed by atoms with van der Waals surface area (Å²) in [6.07, 6.45) is 5.84. The van der Waals surface area contributed by atoms with Crippen molar-refractivity contribution >= 4 is 11.9 Å². The molecule has 0 radical (unpaired) electrons. The Balaban J connectivity index is 1.68. The van der Waals surface area contributed by atoms with Crippen LogP contribution in [-0.2, 0) is 9.59 Å². The highest BCUT2D eigenvalue weighted by Crippen LogP contribution is 2.45. The van der Waals surface area contributed by atoms with Gasteiger partial charge in [0.1, 0.15) is 0 Å². The second-order valence-corrected chi connectivity index (χ2v) is 6.45. The minimum absolute atomic E-state index is 0.00994. The summed E-state index contributed by atoms with van der Waals surface area (Å²) >= 11 is 0. The third-order valence-electron chi connectivity index (χ3n) is 5.11. The number of nitrogens with zero attached hydrogens (tertiary/aromatic N) is 2. The minimum atomic E-state index is -0.840. The molecule has 2 N–H and O–H groups in total. The summed E-state index contributed by atoms with van der Waals surface area (Å²) in [5, 5.41) is 11.4. The monoisotopic (exact) mass is 293 g/mol. The van der Waals surface area contributed by atoms with Gasteiger partial charge in [-0.25, -0.2) is 5.01 Å². The lowest BCUT2D eigenvalue weighted by atomic mass is 9.62. The van der Waals surface area contributed by atoms with Crippen LogP contribution < -0.4 is 5.43 Å². The normalized spacial score (nSPS) is 36.6. The van der Waals surface area contributed by atoms with E-state index in [0.29, 0.717) is 0 Å². The van der Waals surface area contributed by atoms with E-state index in [4.69, 9.17) is 0 Å². The summed E-state index contributed by atoms with van der Waals surface area (Å²) in [6, 6.07) is 0. The van der Waals surface area contributed by atoms with E-state index in [-0.39, 0.29) is 17.7 Å². The molecule has 0 aromatic rings. The van der Waals surface area contributed by atoms with Gasteiger partial charge in [0, 0.05) is 26.2 Å². The first-order chi connectivity index (χ1) is 10.1. The molecule has 1 amide bonds. The molecule has 2 bridgehead atoms. The molecule has 0 aromatic carbocycles. The summed E-state index contributed by atoms with van der Waals surface area (Å²) in [5.41, 5.74) is 2.95. The van der Waals surface area contributed by atoms with Gasteiger partial charge >= 0.3 is 5.97 Å². The minimum Gasteiger partial charge on any atom is -0.481 e. The van der Waals surface area contributed by atoms with E-state index in [2.05, 4.69) is 17.4 Å². The largest absolute Gasteiger partial charge is 0.481 e. The summed E-state index contributed by atoms with van der Waals surface area (Å²) < 4.78 is 0. The van der Waals surface area contributed by atoms with Crippen molar-refractivity contribution in [2.24, 2.45) is 23.7 Å². The quantitative estimate of drug-likeness (QED) is 0.726. The number of carbonyl (C=O) groups excluding carboxylic acids is 1. The van der Waals surface area contributed by atoms with Crippen LogP contribution in [0.5, 0.6) is 0 Å². The third kappa shape index (κ3) is 2.82. The maximum Gasteiger partial charge on any atom is 0.307 e. The fourth-order valence-electron chi connectivity index (χ4n) is 3.84. The number of piperazine rings is 1. The number of amides is 1. The molecule has 1 heterocycles. The fraction of sp³-hybridized carbons (Fsp3) is 0.733. The Morgan fingerprint density at radius 2 is 1.62 bits per heavy atom. The van der Waals surface area contributed by atoms with Crippen molar-refractivity contribution in [3.63, 3.8) is 0 Å². The van der Waals surface area contributed by atoms with Gasteiger partial charge in [-0.15, -0.1) is 0 Å². The van der Waals surface area contributed by atoms with Crippen LogP contribution in [0, 0.1) is 23.7 Å². The molecule has 4 rings (SSSR count). The van der Waals surface area contributed by atoms with Crippen molar-refractivity contribution in [1.29, 1.82) is 0 Å². The lowest BCUT2D eigenvalue weighted by Crippen LogP contribution is -2.57. The molecular weight excluding hydrogens is 270 g/mol. The number of hydrogen-bond acceptors (Lipinski definition) is 4. The molecule has 6 heteroatoms. The molecule has 116 valence electrons. The molecule has 21 heavy (non-hydrogen) atoms. The molecule has 3 aliphatic carbocycles. The summed E-state index contributed by atoms with van der Waals surface area (Å²) in [4.78, 5) is 26.4. The van der Waals surface area contributed by atoms with Crippen LogP contribution >= 0.6 is 0 Å². The summed E-state index contributed by atoms with van der Waals surface area (Å²) in [6.45, 7) is 3.41. The van der Waals surface area contributed by atoms with Gasteiger partial charge in [0.25, 0.3) is 0 Å². The van der Waals surface area contributed by atoms with Crippen LogP contribution in [0.25, 0.3) is 0 Å². The van der Waals surface area contributed by atoms with Gasteiger partial charge in [0.2, 0.25) is 5.91 Å². The Hall–Kier alpha value is -1.40. The molecule has 2 fully saturated rings. The van der Waals surface area contributed by atoms with Gasteiger partial charge in [0.05, 0.1) is 11.8 Å². The van der Waals surface area contributed by atoms with Crippen LogP contribution in [0.3, 0.4) is 0 Å². The topological polar surface area (TPSA) is 72.9 Å². The predicted octanol–water partition coefficient (Wildman–Crippen LogP) is 0.178. The first kappa shape index (κ1) is 14.5. The second-order valence-electron chi connectivity index (χ2n) is 6.45. The van der Waals surface area contributed by atoms with E-state index >= 15 is 0 Å². The number of carboxylic acids is 1. The Morgan fingerprint density at radius 1 is 1.05 bits per heavy atom. The van der Waals surface area contributed by atoms with Crippen molar-refractivity contribution in [3.05, 3.63) is 12.2 Å². The molecule has 6 nitrogen and oxygen atoms in total. The number of carboxylic acid groups (broad SMARTS) is 1. The fourth-order valence-corrected chi connectivity index (χ4v) is 3.84. The summed E-state index contributed by atoms with van der Waals surface area (Å²) in [7, 11) is 2.06. The molecule has 1 saturated carbocycles. The van der Waals surface area contributed by atoms with E-state index in [0.717, 1.165) is 39.0 Å². The molecule has 4 atom stereocenters. The van der Waals surface area contributed by atoms with Gasteiger partial charge < -0.3 is 10.0 Å². The highest BCUT2D eigenvalue weighted by atomic mass is 16.4. The zero-order chi connectivity index (χ0) is 15.0. The van der Waals surface area contributed by atoms with Crippen molar-refractivity contribution in [3.8, 4) is 0 Å². The van der Waals surface area contributed by atoms with Gasteiger partial charge in [-0.05, 0) is 31.7 Å². The average Bonchev–Trinajstić information content (AvgIpc) is 2.49. The predicted molar refractivity (Wildman–Crippen MR) is 77.2 cm³/mol. The van der Waals surface area contributed by atoms with Crippen LogP contribution in [0.15, 0.2) is 12.2 Å². The first-order valence-corrected chi connectivity index (χ1v) is 7.71. The standard InChI is InChI=1S/C15H23N3O3/c1-17-6-8-18(9-7-17)16-14(19)12-10-2-4-11(5-3-10)13(12)15(20)21/h2,4,10-13H,3,5-9H2,1H3,(H,16,19)(H,20,21)/t10-,11-,12-,13+/m0/s1. The van der Waals surface area contributed by atoms with E-state index in [1.54, 1.807) is 0 Å². The molecule has 1 aliphatic heterocycles. The molecular formula is C15H23N3O3. The highest BCUT2D eigenvalue weighted by molar-refractivity contribution is 5.86. The number of carbonyl (C=O) groups is 2. The van der Waals surface area contributed by atoms with Crippen molar-refractivity contribution in [2.75, 3.05) is 33.2 Å². The number of aliphatic carboxylic acids is 1. The molecule has 4 aliphatic rings. The van der Waals surface area contributed by atoms with E-state index in [1.165, 1.54) is 0 Å². The maximum absolute atomic E-state index is 12.6. The Morgan fingerprint density at radius 3 is 2.14 bits per heavy atom. The van der Waals surface area contributed by atoms with Crippen LogP contribution in [0.2, 0.25) is 0 Å². The number of fused-ring (bicyclic) bond motifs is 2. The van der Waals surface area contributed by atoms with Crippen molar-refractivity contribution in [2.45, 2.75) is 12.8 Å². The number of hydrogen-bond donors (Lipinski definition) is 2. The number of hydrazine groups is 1. The van der Waals surface area contributed by atoms with Gasteiger partial charge in [0.15, 0.2) is 0 Å². The maximum atomic E-state index is 12.6. The molecule has 0 aromatic heterocycles. The van der Waals surface area contributed by atoms with Crippen LogP contribution in [0.1, 0.15) is 12.8 Å². The van der Waals surface area contributed by atoms with Crippen LogP contribution in [0.4, 0.5) is 0 Å². The number of likely N-dealkylation sites (N-methyl/N-ethyl adjacent to an activating group) is 1. The Labute approximate surface area is 124 Å². The summed E-state index contributed by atoms with van der Waals surface area (Å²) in [5.74, 6) is -1.87. The van der Waals surface area contributed by atoms with E-state index in [9.17, 15) is 14.7 Å². The lowest BCUT2D eigenvalue weighted by Gasteiger charge is -2.43. The number of allylic oxidation sites excluding steroid dienone is 2. The molecule has 1 saturated heterocycles. The van der Waals surface area contributed by atoms with Gasteiger partial charge in [-0.3, -0.25) is 15.0 Å². The number of nitrogens with one attached hydrogen (secondary N) is 1. The molecule has 0 unspecified atom stereocenters. The van der Waals surface area contributed by atoms with E-state index in [1.807, 2.05) is 17.2 Å². The SMILES string of the molecule is CN1CCN(NC(=O)[C@@H]2[C@H](C(=O)O)[C@H]3C=C[C@H]2CC3)CC1. The first-order valence-electron chi connectivity index (χ1n) is 7.71. The second kappa shape index (κ2) is 5.77. The number of rotatable bonds is 3. The lowest BCUT2D eigenvalue weighted by molar-refractivity contribution is -0.154. The highest BCUT2D eigenvalue weighted by Gasteiger charge is 2.48. The third-order valence-corrected chi connectivity index (χ3v) is 5.11. The Kier molecular flexibility index (Phi) is 3.99. The van der Waals surface area contributed by atoms with Crippen LogP contribution in [-0.4, -0.2) is 60.1 Å². The Bertz CT molecular complexity index is 457. The van der Waals surface area contributed by atoms with Gasteiger partial charge in [-0.1, -0.05) is 12.2 Å². The van der Waals surface area contributed by atoms with E-state index < -0.39 is 17.8 Å². The smallest absolute Gasteiger partial charge is 0.307 e.